The number of aliphatic carboxylic acids is 1. The van der Waals surface area contributed by atoms with E-state index in [1.54, 1.807) is 12.1 Å². The van der Waals surface area contributed by atoms with Crippen LogP contribution < -0.4 is 4.74 Å². The van der Waals surface area contributed by atoms with E-state index in [2.05, 4.69) is 0 Å². The minimum absolute atomic E-state index is 0.0301. The Morgan fingerprint density at radius 1 is 0.818 bits per heavy atom. The van der Waals surface area contributed by atoms with E-state index in [1.807, 2.05) is 53.7 Å². The minimum atomic E-state index is -1.49. The van der Waals surface area contributed by atoms with E-state index < -0.39 is 11.8 Å². The third-order valence-electron chi connectivity index (χ3n) is 5.43. The Labute approximate surface area is 195 Å². The molecule has 0 fully saturated rings. The van der Waals surface area contributed by atoms with Gasteiger partial charge >= 0.3 is 5.97 Å². The highest BCUT2D eigenvalue weighted by atomic mass is 16.5. The molecule has 0 heterocycles. The van der Waals surface area contributed by atoms with E-state index in [1.165, 1.54) is 12.1 Å². The second-order valence-corrected chi connectivity index (χ2v) is 10.3. The first-order chi connectivity index (χ1) is 15.2. The van der Waals surface area contributed by atoms with Gasteiger partial charge in [0.05, 0.1) is 6.61 Å². The number of carbonyl (C=O) groups excluding carboxylic acids is 2. The summed E-state index contributed by atoms with van der Waals surface area (Å²) in [6.45, 7) is 12.5. The van der Waals surface area contributed by atoms with Gasteiger partial charge in [-0.3, -0.25) is 9.59 Å². The van der Waals surface area contributed by atoms with Crippen LogP contribution in [0.1, 0.15) is 92.6 Å². The molecule has 0 saturated carbocycles. The largest absolute Gasteiger partial charge is 0.507 e. The molecule has 0 aliphatic carbocycles. The third-order valence-corrected chi connectivity index (χ3v) is 5.43. The Bertz CT molecular complexity index is 985. The van der Waals surface area contributed by atoms with Gasteiger partial charge in [-0.15, -0.1) is 0 Å². The smallest absolute Gasteiger partial charge is 0.377 e. The molecular weight excluding hydrogens is 420 g/mol. The van der Waals surface area contributed by atoms with Gasteiger partial charge in [-0.25, -0.2) is 4.79 Å². The van der Waals surface area contributed by atoms with Crippen molar-refractivity contribution in [3.8, 4) is 11.5 Å². The van der Waals surface area contributed by atoms with E-state index >= 15 is 0 Å². The fourth-order valence-corrected chi connectivity index (χ4v) is 3.49. The Morgan fingerprint density at radius 3 is 1.79 bits per heavy atom. The summed E-state index contributed by atoms with van der Waals surface area (Å²) in [7, 11) is 0. The molecule has 2 rings (SSSR count). The lowest BCUT2D eigenvalue weighted by Crippen LogP contribution is -2.19. The van der Waals surface area contributed by atoms with Crippen molar-refractivity contribution in [1.82, 2.24) is 0 Å². The minimum Gasteiger partial charge on any atom is -0.507 e. The average molecular weight is 455 g/mol. The zero-order valence-corrected chi connectivity index (χ0v) is 20.3. The molecular formula is C27H34O6. The molecule has 33 heavy (non-hydrogen) atoms. The van der Waals surface area contributed by atoms with Crippen molar-refractivity contribution < 1.29 is 29.3 Å². The molecule has 2 N–H and O–H groups in total. The Balaban J connectivity index is 1.97. The van der Waals surface area contributed by atoms with Gasteiger partial charge in [-0.05, 0) is 60.1 Å². The SMILES string of the molecule is CC(C)(C)c1cc(C(=O)CCCCOc2ccc(C(=O)C(=O)O)cc2)cc(C(C)(C)C)c1O. The predicted octanol–water partition coefficient (Wildman–Crippen LogP) is 5.69. The standard InChI is InChI=1S/C27H34O6/c1-26(2,3)20-15-18(16-21(24(20)30)27(4,5)6)22(28)9-7-8-14-33-19-12-10-17(11-13-19)23(29)25(31)32/h10-13,15-16,30H,7-9,14H2,1-6H3,(H,31,32). The number of rotatable bonds is 9. The second kappa shape index (κ2) is 10.2. The average Bonchev–Trinajstić information content (AvgIpc) is 2.71. The Hall–Kier alpha value is -3.15. The first-order valence-electron chi connectivity index (χ1n) is 11.1. The molecule has 0 spiro atoms. The Morgan fingerprint density at radius 2 is 1.33 bits per heavy atom. The van der Waals surface area contributed by atoms with Crippen LogP contribution in [0.5, 0.6) is 11.5 Å². The summed E-state index contributed by atoms with van der Waals surface area (Å²) in [5, 5.41) is 19.6. The molecule has 0 saturated heterocycles. The number of aromatic hydroxyl groups is 1. The lowest BCUT2D eigenvalue weighted by atomic mass is 9.78. The molecule has 0 aliphatic heterocycles. The van der Waals surface area contributed by atoms with Crippen LogP contribution >= 0.6 is 0 Å². The molecule has 0 unspecified atom stereocenters. The molecule has 0 amide bonds. The van der Waals surface area contributed by atoms with E-state index in [0.29, 0.717) is 37.2 Å². The fraction of sp³-hybridized carbons (Fsp3) is 0.444. The van der Waals surface area contributed by atoms with Crippen molar-refractivity contribution in [2.24, 2.45) is 0 Å². The summed E-state index contributed by atoms with van der Waals surface area (Å²) in [5.74, 6) is -1.63. The monoisotopic (exact) mass is 454 g/mol. The lowest BCUT2D eigenvalue weighted by Gasteiger charge is -2.28. The maximum atomic E-state index is 12.9. The van der Waals surface area contributed by atoms with Gasteiger partial charge in [-0.1, -0.05) is 41.5 Å². The first-order valence-corrected chi connectivity index (χ1v) is 11.1. The molecule has 6 nitrogen and oxygen atoms in total. The van der Waals surface area contributed by atoms with Crippen LogP contribution in [0.15, 0.2) is 36.4 Å². The van der Waals surface area contributed by atoms with E-state index in [-0.39, 0.29) is 27.9 Å². The molecule has 6 heteroatoms. The van der Waals surface area contributed by atoms with Crippen LogP contribution in [0.25, 0.3) is 0 Å². The summed E-state index contributed by atoms with van der Waals surface area (Å²) >= 11 is 0. The molecule has 0 radical (unpaired) electrons. The van der Waals surface area contributed by atoms with Crippen LogP contribution in [0.4, 0.5) is 0 Å². The number of carbonyl (C=O) groups is 3. The molecule has 0 bridgehead atoms. The van der Waals surface area contributed by atoms with Crippen molar-refractivity contribution in [2.45, 2.75) is 71.6 Å². The quantitative estimate of drug-likeness (QED) is 0.287. The van der Waals surface area contributed by atoms with Crippen LogP contribution in [0.3, 0.4) is 0 Å². The number of hydrogen-bond donors (Lipinski definition) is 2. The summed E-state index contributed by atoms with van der Waals surface area (Å²) in [6, 6.07) is 9.56. The first kappa shape index (κ1) is 26.1. The van der Waals surface area contributed by atoms with Crippen molar-refractivity contribution >= 4 is 17.5 Å². The fourth-order valence-electron chi connectivity index (χ4n) is 3.49. The van der Waals surface area contributed by atoms with Crippen LogP contribution in [-0.2, 0) is 15.6 Å². The van der Waals surface area contributed by atoms with Gasteiger partial charge in [0.2, 0.25) is 0 Å². The van der Waals surface area contributed by atoms with E-state index in [9.17, 15) is 19.5 Å². The van der Waals surface area contributed by atoms with Gasteiger partial charge in [0.25, 0.3) is 5.78 Å². The summed E-state index contributed by atoms with van der Waals surface area (Å²) in [4.78, 5) is 35.0. The highest BCUT2D eigenvalue weighted by Gasteiger charge is 2.27. The number of phenolic OH excluding ortho intramolecular Hbond substituents is 1. The molecule has 0 aromatic heterocycles. The Kier molecular flexibility index (Phi) is 8.06. The van der Waals surface area contributed by atoms with Gasteiger partial charge in [0.15, 0.2) is 5.78 Å². The summed E-state index contributed by atoms with van der Waals surface area (Å²) in [5.41, 5.74) is 1.66. The number of ketones is 2. The van der Waals surface area contributed by atoms with E-state index in [4.69, 9.17) is 9.84 Å². The maximum absolute atomic E-state index is 12.9. The number of carboxylic acids is 1. The predicted molar refractivity (Wildman–Crippen MR) is 128 cm³/mol. The van der Waals surface area contributed by atoms with Gasteiger partial charge in [0.1, 0.15) is 11.5 Å². The van der Waals surface area contributed by atoms with Gasteiger partial charge in [-0.2, -0.15) is 0 Å². The highest BCUT2D eigenvalue weighted by molar-refractivity contribution is 6.39. The zero-order chi connectivity index (χ0) is 25.0. The third kappa shape index (κ3) is 6.91. The van der Waals surface area contributed by atoms with Crippen LogP contribution in [-0.4, -0.2) is 34.4 Å². The molecule has 0 aliphatic rings. The number of phenols is 1. The number of ether oxygens (including phenoxy) is 1. The van der Waals surface area contributed by atoms with E-state index in [0.717, 1.165) is 11.1 Å². The summed E-state index contributed by atoms with van der Waals surface area (Å²) in [6.07, 6.45) is 1.68. The number of hydrogen-bond acceptors (Lipinski definition) is 5. The van der Waals surface area contributed by atoms with Crippen molar-refractivity contribution in [2.75, 3.05) is 6.61 Å². The zero-order valence-electron chi connectivity index (χ0n) is 20.3. The number of Topliss-reactive ketones (excluding diaryl/α,β-unsaturated/α-hetero) is 2. The molecule has 2 aromatic carbocycles. The van der Waals surface area contributed by atoms with Gasteiger partial charge < -0.3 is 14.9 Å². The summed E-state index contributed by atoms with van der Waals surface area (Å²) < 4.78 is 5.63. The highest BCUT2D eigenvalue weighted by Crippen LogP contribution is 2.40. The van der Waals surface area contributed by atoms with Crippen LogP contribution in [0.2, 0.25) is 0 Å². The number of carboxylic acid groups (broad SMARTS) is 1. The lowest BCUT2D eigenvalue weighted by molar-refractivity contribution is -0.131. The van der Waals surface area contributed by atoms with Crippen molar-refractivity contribution in [1.29, 1.82) is 0 Å². The van der Waals surface area contributed by atoms with Crippen molar-refractivity contribution in [3.63, 3.8) is 0 Å². The normalized spacial score (nSPS) is 11.8. The van der Waals surface area contributed by atoms with Crippen molar-refractivity contribution in [3.05, 3.63) is 58.7 Å². The number of unbranched alkanes of at least 4 members (excludes halogenated alkanes) is 1. The second-order valence-electron chi connectivity index (χ2n) is 10.3. The maximum Gasteiger partial charge on any atom is 0.377 e. The molecule has 2 aromatic rings. The molecule has 0 atom stereocenters. The van der Waals surface area contributed by atoms with Gasteiger partial charge in [0, 0.05) is 28.7 Å². The molecule has 178 valence electrons. The topological polar surface area (TPSA) is 101 Å². The van der Waals surface area contributed by atoms with Crippen LogP contribution in [0, 0.1) is 0 Å². The number of benzene rings is 2.